The lowest BCUT2D eigenvalue weighted by Gasteiger charge is -2.31. The standard InChI is InChI=1S/C32H28F2N4O3/c1-3-41-29-16-10-9-15-28(29)38-30(35-26-14-8-7-13-24(26)31(38)39)21(2)37(20-22-11-5-4-6-12-22)32(40)36-27-18-17-23(33)19-25(27)34/h4-19,21H,3,20H2,1-2H3,(H,36,40). The molecule has 5 aromatic rings. The number of amides is 2. The molecule has 0 fully saturated rings. The molecule has 0 radical (unpaired) electrons. The van der Waals surface area contributed by atoms with Crippen molar-refractivity contribution in [3.8, 4) is 11.4 Å². The molecule has 9 heteroatoms. The van der Waals surface area contributed by atoms with E-state index in [1.165, 1.54) is 9.47 Å². The number of hydrogen-bond donors (Lipinski definition) is 1. The smallest absolute Gasteiger partial charge is 0.322 e. The van der Waals surface area contributed by atoms with Crippen molar-refractivity contribution >= 4 is 22.6 Å². The monoisotopic (exact) mass is 554 g/mol. The Labute approximate surface area is 235 Å². The Morgan fingerprint density at radius 1 is 0.976 bits per heavy atom. The quantitative estimate of drug-likeness (QED) is 0.227. The summed E-state index contributed by atoms with van der Waals surface area (Å²) in [6.07, 6.45) is 0. The highest BCUT2D eigenvalue weighted by Crippen LogP contribution is 2.29. The highest BCUT2D eigenvalue weighted by atomic mass is 19.1. The van der Waals surface area contributed by atoms with E-state index in [-0.39, 0.29) is 23.6 Å². The number of benzene rings is 4. The molecular weight excluding hydrogens is 526 g/mol. The molecule has 2 amide bonds. The Bertz CT molecular complexity index is 1760. The number of nitrogens with zero attached hydrogens (tertiary/aromatic N) is 3. The summed E-state index contributed by atoms with van der Waals surface area (Å²) in [6, 6.07) is 24.9. The maximum absolute atomic E-state index is 14.5. The molecule has 5 rings (SSSR count). The predicted molar refractivity (Wildman–Crippen MR) is 154 cm³/mol. The molecule has 208 valence electrons. The van der Waals surface area contributed by atoms with Crippen LogP contribution in [-0.2, 0) is 6.54 Å². The number of hydrogen-bond acceptors (Lipinski definition) is 4. The van der Waals surface area contributed by atoms with Crippen molar-refractivity contribution in [3.05, 3.63) is 130 Å². The van der Waals surface area contributed by atoms with Crippen LogP contribution < -0.4 is 15.6 Å². The number of halogens is 2. The Balaban J connectivity index is 1.67. The molecule has 0 saturated heterocycles. The average molecular weight is 555 g/mol. The maximum atomic E-state index is 14.5. The lowest BCUT2D eigenvalue weighted by molar-refractivity contribution is 0.185. The van der Waals surface area contributed by atoms with Crippen LogP contribution in [-0.4, -0.2) is 27.1 Å². The number of para-hydroxylation sites is 3. The minimum absolute atomic E-state index is 0.118. The molecule has 41 heavy (non-hydrogen) atoms. The molecule has 1 N–H and O–H groups in total. The fourth-order valence-electron chi connectivity index (χ4n) is 4.66. The first-order valence-corrected chi connectivity index (χ1v) is 13.2. The normalized spacial score (nSPS) is 11.7. The first kappa shape index (κ1) is 27.5. The van der Waals surface area contributed by atoms with Crippen LogP contribution in [0.3, 0.4) is 0 Å². The van der Waals surface area contributed by atoms with Gasteiger partial charge < -0.3 is 15.0 Å². The zero-order chi connectivity index (χ0) is 28.9. The van der Waals surface area contributed by atoms with Gasteiger partial charge in [-0.25, -0.2) is 18.6 Å². The summed E-state index contributed by atoms with van der Waals surface area (Å²) in [6.45, 7) is 4.10. The van der Waals surface area contributed by atoms with E-state index in [1.54, 1.807) is 49.4 Å². The molecule has 0 saturated carbocycles. The minimum atomic E-state index is -0.906. The van der Waals surface area contributed by atoms with Crippen LogP contribution in [0.1, 0.15) is 31.3 Å². The Morgan fingerprint density at radius 3 is 2.44 bits per heavy atom. The van der Waals surface area contributed by atoms with Crippen molar-refractivity contribution in [2.24, 2.45) is 0 Å². The molecule has 4 aromatic carbocycles. The summed E-state index contributed by atoms with van der Waals surface area (Å²) < 4.78 is 35.3. The summed E-state index contributed by atoms with van der Waals surface area (Å²) in [5, 5.41) is 2.96. The fourth-order valence-corrected chi connectivity index (χ4v) is 4.66. The second kappa shape index (κ2) is 12.0. The van der Waals surface area contributed by atoms with Gasteiger partial charge in [0.1, 0.15) is 23.2 Å². The zero-order valence-corrected chi connectivity index (χ0v) is 22.6. The minimum Gasteiger partial charge on any atom is -0.492 e. The van der Waals surface area contributed by atoms with Gasteiger partial charge in [-0.2, -0.15) is 0 Å². The number of anilines is 1. The van der Waals surface area contributed by atoms with Gasteiger partial charge in [-0.3, -0.25) is 9.36 Å². The molecule has 0 bridgehead atoms. The van der Waals surface area contributed by atoms with E-state index in [1.807, 2.05) is 43.3 Å². The van der Waals surface area contributed by atoms with E-state index in [2.05, 4.69) is 5.32 Å². The average Bonchev–Trinajstić information content (AvgIpc) is 2.98. The van der Waals surface area contributed by atoms with E-state index >= 15 is 0 Å². The maximum Gasteiger partial charge on any atom is 0.322 e. The van der Waals surface area contributed by atoms with Gasteiger partial charge in [0.25, 0.3) is 5.56 Å². The van der Waals surface area contributed by atoms with E-state index < -0.39 is 23.7 Å². The number of aromatic nitrogens is 2. The van der Waals surface area contributed by atoms with Crippen molar-refractivity contribution in [3.63, 3.8) is 0 Å². The van der Waals surface area contributed by atoms with Crippen LogP contribution in [0.4, 0.5) is 19.3 Å². The van der Waals surface area contributed by atoms with Crippen LogP contribution >= 0.6 is 0 Å². The van der Waals surface area contributed by atoms with E-state index in [9.17, 15) is 18.4 Å². The second-order valence-corrected chi connectivity index (χ2v) is 9.37. The summed E-state index contributed by atoms with van der Waals surface area (Å²) >= 11 is 0. The molecule has 1 heterocycles. The highest BCUT2D eigenvalue weighted by Gasteiger charge is 2.28. The van der Waals surface area contributed by atoms with Crippen LogP contribution in [0.2, 0.25) is 0 Å². The number of ether oxygens (including phenoxy) is 1. The number of fused-ring (bicyclic) bond motifs is 1. The lowest BCUT2D eigenvalue weighted by atomic mass is 10.1. The predicted octanol–water partition coefficient (Wildman–Crippen LogP) is 6.86. The van der Waals surface area contributed by atoms with Gasteiger partial charge in [0.05, 0.1) is 34.9 Å². The summed E-state index contributed by atoms with van der Waals surface area (Å²) in [4.78, 5) is 34.1. The number of nitrogens with one attached hydrogen (secondary N) is 1. The summed E-state index contributed by atoms with van der Waals surface area (Å²) in [5.74, 6) is -0.897. The van der Waals surface area contributed by atoms with Crippen molar-refractivity contribution in [1.29, 1.82) is 0 Å². The third-order valence-corrected chi connectivity index (χ3v) is 6.68. The first-order valence-electron chi connectivity index (χ1n) is 13.2. The molecule has 0 aliphatic rings. The molecule has 1 unspecified atom stereocenters. The van der Waals surface area contributed by atoms with Crippen molar-refractivity contribution < 1.29 is 18.3 Å². The van der Waals surface area contributed by atoms with Gasteiger partial charge in [0, 0.05) is 12.6 Å². The van der Waals surface area contributed by atoms with Crippen LogP contribution in [0, 0.1) is 11.6 Å². The fraction of sp³-hybridized carbons (Fsp3) is 0.156. The lowest BCUT2D eigenvalue weighted by Crippen LogP contribution is -2.39. The molecule has 0 spiro atoms. The largest absolute Gasteiger partial charge is 0.492 e. The van der Waals surface area contributed by atoms with Crippen molar-refractivity contribution in [2.75, 3.05) is 11.9 Å². The molecular formula is C32H28F2N4O3. The van der Waals surface area contributed by atoms with E-state index in [4.69, 9.17) is 9.72 Å². The zero-order valence-electron chi connectivity index (χ0n) is 22.6. The summed E-state index contributed by atoms with van der Waals surface area (Å²) in [7, 11) is 0. The third kappa shape index (κ3) is 5.79. The van der Waals surface area contributed by atoms with Crippen LogP contribution in [0.15, 0.2) is 102 Å². The van der Waals surface area contributed by atoms with Gasteiger partial charge in [-0.15, -0.1) is 0 Å². The SMILES string of the molecule is CCOc1ccccc1-n1c(C(C)N(Cc2ccccc2)C(=O)Nc2ccc(F)cc2F)nc2ccccc2c1=O. The molecule has 1 aromatic heterocycles. The van der Waals surface area contributed by atoms with Crippen LogP contribution in [0.25, 0.3) is 16.6 Å². The molecule has 1 atom stereocenters. The van der Waals surface area contributed by atoms with Gasteiger partial charge in [0.2, 0.25) is 0 Å². The number of carbonyl (C=O) groups is 1. The second-order valence-electron chi connectivity index (χ2n) is 9.37. The van der Waals surface area contributed by atoms with Gasteiger partial charge in [-0.05, 0) is 55.8 Å². The van der Waals surface area contributed by atoms with Gasteiger partial charge >= 0.3 is 6.03 Å². The number of urea groups is 1. The van der Waals surface area contributed by atoms with Gasteiger partial charge in [-0.1, -0.05) is 54.6 Å². The highest BCUT2D eigenvalue weighted by molar-refractivity contribution is 5.89. The molecule has 0 aliphatic heterocycles. The number of rotatable bonds is 8. The van der Waals surface area contributed by atoms with Gasteiger partial charge in [0.15, 0.2) is 0 Å². The Hall–Kier alpha value is -5.05. The van der Waals surface area contributed by atoms with E-state index in [0.717, 1.165) is 17.7 Å². The molecule has 0 aliphatic carbocycles. The Kier molecular flexibility index (Phi) is 8.05. The third-order valence-electron chi connectivity index (χ3n) is 6.68. The summed E-state index contributed by atoms with van der Waals surface area (Å²) in [5.41, 5.74) is 1.25. The van der Waals surface area contributed by atoms with E-state index in [0.29, 0.717) is 35.0 Å². The number of carbonyl (C=O) groups excluding carboxylic acids is 1. The van der Waals surface area contributed by atoms with Crippen molar-refractivity contribution in [2.45, 2.75) is 26.4 Å². The first-order chi connectivity index (χ1) is 19.9. The van der Waals surface area contributed by atoms with Crippen LogP contribution in [0.5, 0.6) is 5.75 Å². The topological polar surface area (TPSA) is 76.5 Å². The van der Waals surface area contributed by atoms with Crippen molar-refractivity contribution in [1.82, 2.24) is 14.5 Å². The Morgan fingerprint density at radius 2 is 1.68 bits per heavy atom. The molecule has 7 nitrogen and oxygen atoms in total.